The van der Waals surface area contributed by atoms with Gasteiger partial charge in [-0.3, -0.25) is 14.2 Å². The first-order chi connectivity index (χ1) is 19.6. The Bertz CT molecular complexity index is 1500. The molecule has 10 heteroatoms. The number of nitrogens with one attached hydrogen (secondary N) is 1. The summed E-state index contributed by atoms with van der Waals surface area (Å²) in [6, 6.07) is 30.8. The van der Waals surface area contributed by atoms with E-state index in [0.29, 0.717) is 16.3 Å². The summed E-state index contributed by atoms with van der Waals surface area (Å²) < 4.78 is 13.1. The number of benzene rings is 4. The fourth-order valence-corrected chi connectivity index (χ4v) is 5.97. The summed E-state index contributed by atoms with van der Waals surface area (Å²) in [7, 11) is -4.87. The van der Waals surface area contributed by atoms with Crippen LogP contribution in [-0.2, 0) is 20.6 Å². The largest absolute Gasteiger partial charge is 0.481 e. The molecule has 0 aliphatic heterocycles. The van der Waals surface area contributed by atoms with E-state index in [-0.39, 0.29) is 19.4 Å². The second kappa shape index (κ2) is 13.6. The quantitative estimate of drug-likeness (QED) is 0.151. The van der Waals surface area contributed by atoms with E-state index in [0.717, 1.165) is 16.7 Å². The number of anilines is 1. The van der Waals surface area contributed by atoms with Crippen molar-refractivity contribution in [2.24, 2.45) is 0 Å². The second-order valence-electron chi connectivity index (χ2n) is 9.47. The van der Waals surface area contributed by atoms with Crippen molar-refractivity contribution in [3.8, 4) is 11.1 Å². The highest BCUT2D eigenvalue weighted by Crippen LogP contribution is 2.55. The molecule has 2 atom stereocenters. The number of amides is 1. The van der Waals surface area contributed by atoms with Crippen LogP contribution in [0.15, 0.2) is 109 Å². The normalized spacial score (nSPS) is 12.8. The maximum absolute atomic E-state index is 13.7. The molecule has 41 heavy (non-hydrogen) atoms. The van der Waals surface area contributed by atoms with Crippen LogP contribution in [0.25, 0.3) is 11.1 Å². The zero-order chi connectivity index (χ0) is 29.4. The van der Waals surface area contributed by atoms with Gasteiger partial charge in [0.1, 0.15) is 6.04 Å². The van der Waals surface area contributed by atoms with Gasteiger partial charge in [0.05, 0.1) is 6.42 Å². The Morgan fingerprint density at radius 1 is 0.805 bits per heavy atom. The minimum Gasteiger partial charge on any atom is -0.481 e. The molecule has 0 radical (unpaired) electrons. The number of hydrogen-bond acceptors (Lipinski definition) is 4. The molecule has 0 saturated carbocycles. The number of nitrogens with zero attached hydrogens (tertiary/aromatic N) is 1. The molecular formula is C31H30ClN2O6P. The highest BCUT2D eigenvalue weighted by molar-refractivity contribution is 7.52. The number of halogens is 1. The fraction of sp³-hybridized carbons (Fsp3) is 0.161. The van der Waals surface area contributed by atoms with E-state index in [4.69, 9.17) is 16.7 Å². The minimum absolute atomic E-state index is 0.0953. The lowest BCUT2D eigenvalue weighted by Gasteiger charge is -2.39. The predicted octanol–water partition coefficient (Wildman–Crippen LogP) is 5.89. The van der Waals surface area contributed by atoms with Crippen molar-refractivity contribution in [3.05, 3.63) is 125 Å². The molecule has 1 amide bonds. The number of rotatable bonds is 12. The number of hydrogen-bond donors (Lipinski definition) is 4. The van der Waals surface area contributed by atoms with Gasteiger partial charge in [-0.15, -0.1) is 0 Å². The predicted molar refractivity (Wildman–Crippen MR) is 160 cm³/mol. The molecule has 0 spiro atoms. The van der Waals surface area contributed by atoms with E-state index < -0.39 is 31.3 Å². The Balaban J connectivity index is 1.78. The molecule has 0 heterocycles. The maximum Gasteiger partial charge on any atom is 0.352 e. The Kier molecular flexibility index (Phi) is 9.97. The molecule has 0 aromatic heterocycles. The Hall–Kier alpha value is -3.94. The molecule has 8 nitrogen and oxygen atoms in total. The number of para-hydroxylation sites is 1. The highest BCUT2D eigenvalue weighted by atomic mass is 35.5. The van der Waals surface area contributed by atoms with Crippen molar-refractivity contribution >= 4 is 36.8 Å². The van der Waals surface area contributed by atoms with E-state index in [1.54, 1.807) is 72.8 Å². The third-order valence-electron chi connectivity index (χ3n) is 6.57. The Morgan fingerprint density at radius 3 is 1.88 bits per heavy atom. The first-order valence-electron chi connectivity index (χ1n) is 12.9. The van der Waals surface area contributed by atoms with Crippen LogP contribution in [0.4, 0.5) is 5.69 Å². The molecule has 0 saturated heterocycles. The summed E-state index contributed by atoms with van der Waals surface area (Å²) in [5.41, 5.74) is 3.41. The molecule has 4 aromatic rings. The van der Waals surface area contributed by atoms with Gasteiger partial charge in [0.2, 0.25) is 5.91 Å². The third kappa shape index (κ3) is 8.06. The Labute approximate surface area is 243 Å². The summed E-state index contributed by atoms with van der Waals surface area (Å²) >= 11 is 6.02. The summed E-state index contributed by atoms with van der Waals surface area (Å²) in [6.07, 6.45) is -0.196. The summed E-state index contributed by atoms with van der Waals surface area (Å²) in [5.74, 6) is -3.10. The molecule has 1 unspecified atom stereocenters. The third-order valence-corrected chi connectivity index (χ3v) is 8.01. The van der Waals surface area contributed by atoms with Crippen LogP contribution in [0.5, 0.6) is 0 Å². The van der Waals surface area contributed by atoms with Crippen LogP contribution >= 0.6 is 19.2 Å². The van der Waals surface area contributed by atoms with Gasteiger partial charge in [-0.2, -0.15) is 0 Å². The lowest BCUT2D eigenvalue weighted by atomic mass is 9.98. The van der Waals surface area contributed by atoms with E-state index >= 15 is 0 Å². The fourth-order valence-electron chi connectivity index (χ4n) is 4.66. The van der Waals surface area contributed by atoms with E-state index in [9.17, 15) is 23.9 Å². The molecule has 4 N–H and O–H groups in total. The number of carbonyl (C=O) groups is 2. The average molecular weight is 593 g/mol. The van der Waals surface area contributed by atoms with Gasteiger partial charge in [0.25, 0.3) is 0 Å². The topological polar surface area (TPSA) is 127 Å². The molecule has 0 bridgehead atoms. The van der Waals surface area contributed by atoms with Gasteiger partial charge >= 0.3 is 13.6 Å². The zero-order valence-electron chi connectivity index (χ0n) is 22.0. The lowest BCUT2D eigenvalue weighted by molar-refractivity contribution is -0.136. The minimum atomic E-state index is -4.87. The summed E-state index contributed by atoms with van der Waals surface area (Å²) in [6.45, 7) is -0.130. The standard InChI is InChI=1S/C31H30ClN2O6P/c32-26-17-15-24(16-18-26)23-13-11-22(12-14-23)21-28(30(37)33-20-19-29(35)36)34(27-9-5-2-6-10-27)31(41(38,39)40)25-7-3-1-4-8-25/h1-18,28,31H,19-21H2,(H,33,37)(H,35,36)(H2,38,39,40)/t28-,31?/m0/s1. The van der Waals surface area contributed by atoms with E-state index in [2.05, 4.69) is 5.32 Å². The van der Waals surface area contributed by atoms with Crippen molar-refractivity contribution in [3.63, 3.8) is 0 Å². The van der Waals surface area contributed by atoms with Gasteiger partial charge in [-0.25, -0.2) is 0 Å². The molecule has 4 rings (SSSR count). The number of carbonyl (C=O) groups excluding carboxylic acids is 1. The van der Waals surface area contributed by atoms with E-state index in [1.807, 2.05) is 36.4 Å². The summed E-state index contributed by atoms with van der Waals surface area (Å²) in [4.78, 5) is 47.6. The molecule has 4 aromatic carbocycles. The maximum atomic E-state index is 13.7. The monoisotopic (exact) mass is 592 g/mol. The summed E-state index contributed by atoms with van der Waals surface area (Å²) in [5, 5.41) is 12.4. The molecule has 0 aliphatic rings. The van der Waals surface area contributed by atoms with Gasteiger partial charge in [0.15, 0.2) is 5.78 Å². The van der Waals surface area contributed by atoms with Crippen molar-refractivity contribution in [2.75, 3.05) is 11.4 Å². The first kappa shape index (κ1) is 30.0. The van der Waals surface area contributed by atoms with Crippen LogP contribution in [0.2, 0.25) is 5.02 Å². The first-order valence-corrected chi connectivity index (χ1v) is 15.0. The van der Waals surface area contributed by atoms with E-state index in [1.165, 1.54) is 4.90 Å². The van der Waals surface area contributed by atoms with Gasteiger partial charge in [0, 0.05) is 23.7 Å². The molecule has 0 fully saturated rings. The second-order valence-corrected chi connectivity index (χ2v) is 11.6. The zero-order valence-corrected chi connectivity index (χ0v) is 23.7. The van der Waals surface area contributed by atoms with Gasteiger partial charge in [-0.05, 0) is 46.5 Å². The lowest BCUT2D eigenvalue weighted by Crippen LogP contribution is -2.50. The average Bonchev–Trinajstić information content (AvgIpc) is 2.95. The molecular weight excluding hydrogens is 563 g/mol. The SMILES string of the molecule is O=C(O)CCNC(=O)[C@H](Cc1ccc(-c2ccc(Cl)cc2)cc1)N(c1ccccc1)C(c1ccccc1)P(=O)(O)O. The van der Waals surface area contributed by atoms with Crippen LogP contribution in [0, 0.1) is 0 Å². The van der Waals surface area contributed by atoms with Crippen LogP contribution in [0.3, 0.4) is 0 Å². The van der Waals surface area contributed by atoms with Crippen molar-refractivity contribution in [1.29, 1.82) is 0 Å². The molecule has 0 aliphatic carbocycles. The van der Waals surface area contributed by atoms with Crippen LogP contribution in [0.1, 0.15) is 23.3 Å². The van der Waals surface area contributed by atoms with Crippen LogP contribution in [-0.4, -0.2) is 39.4 Å². The molecule has 212 valence electrons. The number of carboxylic acid groups (broad SMARTS) is 1. The van der Waals surface area contributed by atoms with Gasteiger partial charge in [-0.1, -0.05) is 96.5 Å². The van der Waals surface area contributed by atoms with Crippen molar-refractivity contribution in [1.82, 2.24) is 5.32 Å². The Morgan fingerprint density at radius 2 is 1.34 bits per heavy atom. The van der Waals surface area contributed by atoms with Crippen molar-refractivity contribution < 1.29 is 29.0 Å². The number of carboxylic acids is 1. The smallest absolute Gasteiger partial charge is 0.352 e. The van der Waals surface area contributed by atoms with Crippen LogP contribution < -0.4 is 10.2 Å². The number of aliphatic carboxylic acids is 1. The highest BCUT2D eigenvalue weighted by Gasteiger charge is 2.42. The van der Waals surface area contributed by atoms with Crippen molar-refractivity contribution in [2.45, 2.75) is 24.7 Å². The van der Waals surface area contributed by atoms with Gasteiger partial charge < -0.3 is 25.1 Å².